The lowest BCUT2D eigenvalue weighted by molar-refractivity contribution is -0.165. The van der Waals surface area contributed by atoms with Crippen LogP contribution in [0.1, 0.15) is 29.5 Å². The van der Waals surface area contributed by atoms with Gasteiger partial charge in [-0.15, -0.1) is 0 Å². The molecule has 1 heterocycles. The molecule has 0 amide bonds. The average Bonchev–Trinajstić information content (AvgIpc) is 3.05. The molecule has 0 saturated carbocycles. The number of nitrogens with one attached hydrogen (secondary N) is 1. The lowest BCUT2D eigenvalue weighted by Gasteiger charge is -2.47. The van der Waals surface area contributed by atoms with Gasteiger partial charge in [0, 0.05) is 6.54 Å². The second-order valence-electron chi connectivity index (χ2n) is 7.28. The topological polar surface area (TPSA) is 47.6 Å². The summed E-state index contributed by atoms with van der Waals surface area (Å²) in [7, 11) is 3.40. The van der Waals surface area contributed by atoms with E-state index >= 15 is 0 Å². The summed E-state index contributed by atoms with van der Waals surface area (Å²) in [6, 6.07) is 18.5. The molecule has 1 aliphatic carbocycles. The molecule has 1 N–H and O–H groups in total. The molecule has 4 heteroatoms. The Morgan fingerprint density at radius 1 is 1.19 bits per heavy atom. The van der Waals surface area contributed by atoms with Gasteiger partial charge >= 0.3 is 5.97 Å². The number of methoxy groups -OCH3 is 1. The van der Waals surface area contributed by atoms with Crippen LogP contribution in [-0.4, -0.2) is 32.8 Å². The van der Waals surface area contributed by atoms with Crippen molar-refractivity contribution in [1.29, 1.82) is 0 Å². The Labute approximate surface area is 154 Å². The Morgan fingerprint density at radius 3 is 2.65 bits per heavy atom. The molecule has 0 aromatic heterocycles. The third-order valence-corrected chi connectivity index (χ3v) is 6.00. The van der Waals surface area contributed by atoms with Crippen molar-refractivity contribution in [2.45, 2.75) is 31.0 Å². The number of benzene rings is 2. The van der Waals surface area contributed by atoms with E-state index in [0.29, 0.717) is 13.0 Å². The maximum atomic E-state index is 13.2. The van der Waals surface area contributed by atoms with Gasteiger partial charge in [0.25, 0.3) is 0 Å². The molecular weight excluding hydrogens is 326 g/mol. The molecular formula is C22H25NO3. The fourth-order valence-electron chi connectivity index (χ4n) is 5.00. The van der Waals surface area contributed by atoms with Crippen molar-refractivity contribution in [3.05, 3.63) is 71.3 Å². The SMILES string of the molecule is CNC[C@@H]1C[C@@]2(C(=O)OC)CCc3ccccc3[C@@]2(c2ccccc2)O1. The Hall–Kier alpha value is -2.17. The van der Waals surface area contributed by atoms with E-state index in [1.807, 2.05) is 31.3 Å². The molecule has 1 saturated heterocycles. The quantitative estimate of drug-likeness (QED) is 0.860. The lowest BCUT2D eigenvalue weighted by Crippen LogP contribution is -2.52. The standard InChI is InChI=1S/C22H25NO3/c1-23-15-18-14-21(20(24)25-2)13-12-16-8-6-7-11-19(16)22(21,26-18)17-9-4-3-5-10-17/h3-11,18,23H,12-15H2,1-2H3/t18-,21+,22+/m0/s1. The second kappa shape index (κ2) is 6.53. The van der Waals surface area contributed by atoms with Gasteiger partial charge in [0.15, 0.2) is 0 Å². The zero-order valence-corrected chi connectivity index (χ0v) is 15.3. The summed E-state index contributed by atoms with van der Waals surface area (Å²) in [5.41, 5.74) is 1.86. The normalized spacial score (nSPS) is 29.7. The van der Waals surface area contributed by atoms with Crippen LogP contribution in [0.4, 0.5) is 0 Å². The fraction of sp³-hybridized carbons (Fsp3) is 0.409. The van der Waals surface area contributed by atoms with E-state index in [-0.39, 0.29) is 12.1 Å². The van der Waals surface area contributed by atoms with E-state index in [4.69, 9.17) is 9.47 Å². The van der Waals surface area contributed by atoms with Crippen LogP contribution in [0.15, 0.2) is 54.6 Å². The highest BCUT2D eigenvalue weighted by Crippen LogP contribution is 2.62. The van der Waals surface area contributed by atoms with Gasteiger partial charge in [-0.1, -0.05) is 54.6 Å². The van der Waals surface area contributed by atoms with E-state index in [1.54, 1.807) is 0 Å². The maximum absolute atomic E-state index is 13.2. The van der Waals surface area contributed by atoms with E-state index in [9.17, 15) is 4.79 Å². The molecule has 4 rings (SSSR count). The molecule has 0 unspecified atom stereocenters. The molecule has 1 fully saturated rings. The van der Waals surface area contributed by atoms with Crippen molar-refractivity contribution < 1.29 is 14.3 Å². The smallest absolute Gasteiger partial charge is 0.315 e. The fourth-order valence-corrected chi connectivity index (χ4v) is 5.00. The van der Waals surface area contributed by atoms with Crippen LogP contribution in [0, 0.1) is 5.41 Å². The van der Waals surface area contributed by atoms with Gasteiger partial charge in [-0.3, -0.25) is 4.79 Å². The Bertz CT molecular complexity index is 806. The predicted molar refractivity (Wildman–Crippen MR) is 99.9 cm³/mol. The van der Waals surface area contributed by atoms with Gasteiger partial charge in [-0.2, -0.15) is 0 Å². The molecule has 1 aliphatic heterocycles. The number of carbonyl (C=O) groups is 1. The average molecular weight is 351 g/mol. The third-order valence-electron chi connectivity index (χ3n) is 6.00. The maximum Gasteiger partial charge on any atom is 0.315 e. The van der Waals surface area contributed by atoms with Crippen molar-refractivity contribution in [2.24, 2.45) is 5.41 Å². The monoisotopic (exact) mass is 351 g/mol. The van der Waals surface area contributed by atoms with Crippen LogP contribution < -0.4 is 5.32 Å². The molecule has 0 spiro atoms. The molecule has 3 atom stereocenters. The summed E-state index contributed by atoms with van der Waals surface area (Å²) in [5.74, 6) is -0.172. The van der Waals surface area contributed by atoms with Gasteiger partial charge in [-0.25, -0.2) is 0 Å². The molecule has 4 nitrogen and oxygen atoms in total. The van der Waals surface area contributed by atoms with E-state index in [2.05, 4.69) is 35.6 Å². The molecule has 136 valence electrons. The van der Waals surface area contributed by atoms with Gasteiger partial charge in [-0.05, 0) is 43.0 Å². The summed E-state index contributed by atoms with van der Waals surface area (Å²) in [5, 5.41) is 3.21. The van der Waals surface area contributed by atoms with Gasteiger partial charge < -0.3 is 14.8 Å². The van der Waals surface area contributed by atoms with Gasteiger partial charge in [0.05, 0.1) is 13.2 Å². The molecule has 0 radical (unpaired) electrons. The van der Waals surface area contributed by atoms with Crippen LogP contribution in [0.5, 0.6) is 0 Å². The second-order valence-corrected chi connectivity index (χ2v) is 7.28. The van der Waals surface area contributed by atoms with Crippen molar-refractivity contribution in [2.75, 3.05) is 20.7 Å². The Balaban J connectivity index is 2.01. The highest BCUT2D eigenvalue weighted by Gasteiger charge is 2.67. The highest BCUT2D eigenvalue weighted by atomic mass is 16.5. The summed E-state index contributed by atoms with van der Waals surface area (Å²) in [4.78, 5) is 13.2. The van der Waals surface area contributed by atoms with Crippen molar-refractivity contribution in [3.63, 3.8) is 0 Å². The van der Waals surface area contributed by atoms with E-state index < -0.39 is 11.0 Å². The highest BCUT2D eigenvalue weighted by molar-refractivity contribution is 5.81. The lowest BCUT2D eigenvalue weighted by atomic mass is 9.58. The molecule has 0 bridgehead atoms. The number of esters is 1. The van der Waals surface area contributed by atoms with Crippen LogP contribution >= 0.6 is 0 Å². The first kappa shape index (κ1) is 17.3. The first-order valence-corrected chi connectivity index (χ1v) is 9.23. The summed E-state index contributed by atoms with van der Waals surface area (Å²) < 4.78 is 12.1. The Morgan fingerprint density at radius 2 is 1.92 bits per heavy atom. The van der Waals surface area contributed by atoms with Crippen molar-refractivity contribution in [1.82, 2.24) is 5.32 Å². The molecule has 2 aliphatic rings. The molecule has 2 aromatic rings. The number of hydrogen-bond acceptors (Lipinski definition) is 4. The summed E-state index contributed by atoms with van der Waals surface area (Å²) >= 11 is 0. The number of ether oxygens (including phenoxy) is 2. The first-order valence-electron chi connectivity index (χ1n) is 9.23. The van der Waals surface area contributed by atoms with Crippen LogP contribution in [0.2, 0.25) is 0 Å². The number of fused-ring (bicyclic) bond motifs is 3. The number of carbonyl (C=O) groups excluding carboxylic acids is 1. The number of hydrogen-bond donors (Lipinski definition) is 1. The van der Waals surface area contributed by atoms with E-state index in [0.717, 1.165) is 24.0 Å². The zero-order valence-electron chi connectivity index (χ0n) is 15.3. The number of aryl methyl sites for hydroxylation is 1. The van der Waals surface area contributed by atoms with Gasteiger partial charge in [0.1, 0.15) is 11.0 Å². The Kier molecular flexibility index (Phi) is 4.33. The van der Waals surface area contributed by atoms with Crippen molar-refractivity contribution in [3.8, 4) is 0 Å². The largest absolute Gasteiger partial charge is 0.468 e. The minimum Gasteiger partial charge on any atom is -0.468 e. The third kappa shape index (κ3) is 2.25. The van der Waals surface area contributed by atoms with Crippen LogP contribution in [-0.2, 0) is 26.3 Å². The molecule has 26 heavy (non-hydrogen) atoms. The number of likely N-dealkylation sites (N-methyl/N-ethyl adjacent to an activating group) is 1. The van der Waals surface area contributed by atoms with Crippen molar-refractivity contribution >= 4 is 5.97 Å². The van der Waals surface area contributed by atoms with E-state index in [1.165, 1.54) is 12.7 Å². The minimum atomic E-state index is -0.808. The zero-order chi connectivity index (χ0) is 18.2. The van der Waals surface area contributed by atoms with Crippen LogP contribution in [0.3, 0.4) is 0 Å². The van der Waals surface area contributed by atoms with Crippen LogP contribution in [0.25, 0.3) is 0 Å². The van der Waals surface area contributed by atoms with Gasteiger partial charge in [0.2, 0.25) is 0 Å². The summed E-state index contributed by atoms with van der Waals surface area (Å²) in [6.45, 7) is 0.704. The summed E-state index contributed by atoms with van der Waals surface area (Å²) in [6.07, 6.45) is 2.19. The predicted octanol–water partition coefficient (Wildman–Crippen LogP) is 3.04. The molecule has 2 aromatic carbocycles. The first-order chi connectivity index (χ1) is 12.7. The number of rotatable bonds is 4. The minimum absolute atomic E-state index is 0.0505.